The molecule has 0 heterocycles. The topological polar surface area (TPSA) is 66.4 Å². The number of rotatable bonds is 7. The van der Waals surface area contributed by atoms with Gasteiger partial charge in [0.2, 0.25) is 0 Å². The number of carbonyl (C=O) groups excluding carboxylic acids is 1. The molecule has 0 fully saturated rings. The van der Waals surface area contributed by atoms with Crippen LogP contribution in [0.4, 0.5) is 5.69 Å². The summed E-state index contributed by atoms with van der Waals surface area (Å²) in [6, 6.07) is 23.8. The van der Waals surface area contributed by atoms with E-state index in [1.165, 1.54) is 16.7 Å². The van der Waals surface area contributed by atoms with Gasteiger partial charge in [0.05, 0.1) is 0 Å². The van der Waals surface area contributed by atoms with Crippen LogP contribution in [0.25, 0.3) is 11.1 Å². The van der Waals surface area contributed by atoms with Crippen molar-refractivity contribution >= 4 is 17.4 Å². The Labute approximate surface area is 189 Å². The number of benzene rings is 3. The number of nitrogens with one attached hydrogen (secondary N) is 1. The molecule has 0 aliphatic heterocycles. The van der Waals surface area contributed by atoms with Gasteiger partial charge in [-0.2, -0.15) is 0 Å². The Morgan fingerprint density at radius 3 is 2.25 bits per heavy atom. The van der Waals surface area contributed by atoms with Crippen molar-refractivity contribution in [2.75, 3.05) is 5.32 Å². The van der Waals surface area contributed by atoms with E-state index in [2.05, 4.69) is 35.6 Å². The van der Waals surface area contributed by atoms with Crippen LogP contribution < -0.4 is 5.32 Å². The summed E-state index contributed by atoms with van der Waals surface area (Å²) < 4.78 is 0. The highest BCUT2D eigenvalue weighted by atomic mass is 16.4. The second-order valence-electron chi connectivity index (χ2n) is 9.44. The van der Waals surface area contributed by atoms with Crippen LogP contribution >= 0.6 is 0 Å². The lowest BCUT2D eigenvalue weighted by Gasteiger charge is -2.23. The van der Waals surface area contributed by atoms with E-state index in [4.69, 9.17) is 0 Å². The molecule has 2 N–H and O–H groups in total. The maximum absolute atomic E-state index is 12.4. The molecule has 1 aliphatic carbocycles. The van der Waals surface area contributed by atoms with Crippen LogP contribution in [0, 0.1) is 5.41 Å². The number of carboxylic acids is 1. The molecule has 4 heteroatoms. The quantitative estimate of drug-likeness (QED) is 0.374. The van der Waals surface area contributed by atoms with Gasteiger partial charge in [-0.05, 0) is 40.3 Å². The summed E-state index contributed by atoms with van der Waals surface area (Å²) in [7, 11) is 0. The molecule has 0 radical (unpaired) electrons. The molecule has 0 aromatic heterocycles. The third kappa shape index (κ3) is 4.18. The lowest BCUT2D eigenvalue weighted by atomic mass is 9.87. The second kappa shape index (κ2) is 8.62. The summed E-state index contributed by atoms with van der Waals surface area (Å²) in [4.78, 5) is 24.5. The molecule has 3 aromatic carbocycles. The molecule has 0 bridgehead atoms. The Hall–Kier alpha value is -3.40. The van der Waals surface area contributed by atoms with Crippen LogP contribution in [0.2, 0.25) is 0 Å². The van der Waals surface area contributed by atoms with Crippen LogP contribution in [0.1, 0.15) is 56.2 Å². The molecule has 0 spiro atoms. The number of hydrogen-bond acceptors (Lipinski definition) is 3. The molecule has 0 saturated heterocycles. The van der Waals surface area contributed by atoms with Gasteiger partial charge in [-0.25, -0.2) is 4.79 Å². The highest BCUT2D eigenvalue weighted by Crippen LogP contribution is 2.50. The first-order valence-electron chi connectivity index (χ1n) is 11.1. The van der Waals surface area contributed by atoms with E-state index < -0.39 is 17.4 Å². The Bertz CT molecular complexity index is 1140. The van der Waals surface area contributed by atoms with Gasteiger partial charge in [-0.3, -0.25) is 4.79 Å². The fourth-order valence-corrected chi connectivity index (χ4v) is 4.47. The average molecular weight is 428 g/mol. The van der Waals surface area contributed by atoms with Crippen molar-refractivity contribution in [3.63, 3.8) is 0 Å². The summed E-state index contributed by atoms with van der Waals surface area (Å²) in [5.74, 6) is -0.855. The third-order valence-corrected chi connectivity index (χ3v) is 6.21. The summed E-state index contributed by atoms with van der Waals surface area (Å²) in [6.45, 7) is 5.60. The van der Waals surface area contributed by atoms with Crippen molar-refractivity contribution in [2.24, 2.45) is 5.41 Å². The van der Waals surface area contributed by atoms with Gasteiger partial charge in [0.1, 0.15) is 11.8 Å². The van der Waals surface area contributed by atoms with Crippen LogP contribution in [-0.4, -0.2) is 22.9 Å². The standard InChI is InChI=1S/C28H29NO3/c1-28(2,3)24(30)17-16-23(27(31)32)29-22-15-9-14-21-19-12-7-8-13-20(19)25(26(21)22)18-10-5-4-6-11-18/h4-15,23,25,29H,16-17H2,1-3H3,(H,31,32)/t23-,25?/m0/s1. The van der Waals surface area contributed by atoms with E-state index in [0.29, 0.717) is 0 Å². The van der Waals surface area contributed by atoms with E-state index in [0.717, 1.165) is 16.8 Å². The zero-order valence-electron chi connectivity index (χ0n) is 18.8. The smallest absolute Gasteiger partial charge is 0.326 e. The van der Waals surface area contributed by atoms with Gasteiger partial charge in [0, 0.05) is 23.4 Å². The van der Waals surface area contributed by atoms with Crippen LogP contribution in [0.15, 0.2) is 72.8 Å². The SMILES string of the molecule is CC(C)(C)C(=O)CC[C@H](Nc1cccc2c1C(c1ccccc1)c1ccccc1-2)C(=O)O. The largest absolute Gasteiger partial charge is 0.480 e. The molecule has 0 amide bonds. The first kappa shape index (κ1) is 21.8. The molecule has 3 aromatic rings. The molecule has 0 saturated carbocycles. The first-order valence-corrected chi connectivity index (χ1v) is 11.1. The number of Topliss-reactive ketones (excluding diaryl/α,β-unsaturated/α-hetero) is 1. The van der Waals surface area contributed by atoms with Crippen molar-refractivity contribution in [2.45, 2.75) is 45.6 Å². The van der Waals surface area contributed by atoms with Gasteiger partial charge >= 0.3 is 5.97 Å². The minimum atomic E-state index is -0.948. The molecule has 1 aliphatic rings. The maximum atomic E-state index is 12.4. The number of anilines is 1. The number of ketones is 1. The molecule has 2 atom stereocenters. The number of carboxylic acid groups (broad SMARTS) is 1. The zero-order chi connectivity index (χ0) is 22.9. The van der Waals surface area contributed by atoms with E-state index >= 15 is 0 Å². The molecular formula is C28H29NO3. The fourth-order valence-electron chi connectivity index (χ4n) is 4.47. The minimum Gasteiger partial charge on any atom is -0.480 e. The fraction of sp³-hybridized carbons (Fsp3) is 0.286. The summed E-state index contributed by atoms with van der Waals surface area (Å²) >= 11 is 0. The Kier molecular flexibility index (Phi) is 5.88. The lowest BCUT2D eigenvalue weighted by molar-refractivity contribution is -0.138. The zero-order valence-corrected chi connectivity index (χ0v) is 18.8. The molecule has 1 unspecified atom stereocenters. The van der Waals surface area contributed by atoms with Gasteiger partial charge in [-0.15, -0.1) is 0 Å². The monoisotopic (exact) mass is 427 g/mol. The highest BCUT2D eigenvalue weighted by Gasteiger charge is 2.33. The molecule has 32 heavy (non-hydrogen) atoms. The number of hydrogen-bond donors (Lipinski definition) is 2. The van der Waals surface area contributed by atoms with Gasteiger partial charge < -0.3 is 10.4 Å². The number of carbonyl (C=O) groups is 2. The number of aliphatic carboxylic acids is 1. The van der Waals surface area contributed by atoms with Crippen LogP contribution in [-0.2, 0) is 9.59 Å². The Morgan fingerprint density at radius 2 is 1.56 bits per heavy atom. The molecule has 4 nitrogen and oxygen atoms in total. The van der Waals surface area contributed by atoms with Crippen LogP contribution in [0.5, 0.6) is 0 Å². The normalized spacial score (nSPS) is 15.5. The van der Waals surface area contributed by atoms with Crippen LogP contribution in [0.3, 0.4) is 0 Å². The van der Waals surface area contributed by atoms with E-state index in [9.17, 15) is 14.7 Å². The minimum absolute atomic E-state index is 0.0248. The van der Waals surface area contributed by atoms with Gasteiger partial charge in [0.15, 0.2) is 0 Å². The maximum Gasteiger partial charge on any atom is 0.326 e. The molecule has 4 rings (SSSR count). The van der Waals surface area contributed by atoms with Gasteiger partial charge in [0.25, 0.3) is 0 Å². The van der Waals surface area contributed by atoms with E-state index in [1.54, 1.807) is 0 Å². The first-order chi connectivity index (χ1) is 15.3. The molecular weight excluding hydrogens is 398 g/mol. The predicted octanol–water partition coefficient (Wildman–Crippen LogP) is 6.11. The van der Waals surface area contributed by atoms with Crippen molar-refractivity contribution in [3.05, 3.63) is 89.5 Å². The summed E-state index contributed by atoms with van der Waals surface area (Å²) in [6.07, 6.45) is 0.475. The van der Waals surface area contributed by atoms with Gasteiger partial charge in [-0.1, -0.05) is 87.5 Å². The summed E-state index contributed by atoms with van der Waals surface area (Å²) in [5.41, 5.74) is 6.11. The Balaban J connectivity index is 1.72. The lowest BCUT2D eigenvalue weighted by Crippen LogP contribution is -2.32. The average Bonchev–Trinajstić information content (AvgIpc) is 3.11. The highest BCUT2D eigenvalue weighted by molar-refractivity contribution is 5.88. The van der Waals surface area contributed by atoms with E-state index in [1.807, 2.05) is 63.2 Å². The molecule has 164 valence electrons. The Morgan fingerprint density at radius 1 is 0.906 bits per heavy atom. The predicted molar refractivity (Wildman–Crippen MR) is 128 cm³/mol. The van der Waals surface area contributed by atoms with Crippen molar-refractivity contribution in [3.8, 4) is 11.1 Å². The van der Waals surface area contributed by atoms with Crippen molar-refractivity contribution in [1.82, 2.24) is 0 Å². The van der Waals surface area contributed by atoms with Crippen molar-refractivity contribution < 1.29 is 14.7 Å². The summed E-state index contributed by atoms with van der Waals surface area (Å²) in [5, 5.41) is 13.1. The second-order valence-corrected chi connectivity index (χ2v) is 9.44. The van der Waals surface area contributed by atoms with Crippen molar-refractivity contribution in [1.29, 1.82) is 0 Å². The third-order valence-electron chi connectivity index (χ3n) is 6.21. The number of fused-ring (bicyclic) bond motifs is 3. The van der Waals surface area contributed by atoms with E-state index in [-0.39, 0.29) is 24.5 Å².